The molecule has 6 heteroatoms. The van der Waals surface area contributed by atoms with Crippen molar-refractivity contribution in [2.75, 3.05) is 39.8 Å². The number of likely N-dealkylation sites (N-methyl/N-ethyl adjacent to an activating group) is 1. The van der Waals surface area contributed by atoms with Gasteiger partial charge in [0.05, 0.1) is 6.61 Å². The van der Waals surface area contributed by atoms with Crippen LogP contribution < -0.4 is 5.32 Å². The summed E-state index contributed by atoms with van der Waals surface area (Å²) in [6.45, 7) is 4.40. The van der Waals surface area contributed by atoms with Gasteiger partial charge in [-0.3, -0.25) is 4.79 Å². The van der Waals surface area contributed by atoms with Crippen LogP contribution in [0.2, 0.25) is 0 Å². The Labute approximate surface area is 150 Å². The van der Waals surface area contributed by atoms with Gasteiger partial charge < -0.3 is 19.9 Å². The summed E-state index contributed by atoms with van der Waals surface area (Å²) in [7, 11) is 2.12. The summed E-state index contributed by atoms with van der Waals surface area (Å²) in [6.07, 6.45) is 3.07. The van der Waals surface area contributed by atoms with E-state index in [2.05, 4.69) is 41.5 Å². The molecule has 0 radical (unpaired) electrons. The standard InChI is InChI=1S/C19H29N3O3/c1-3-25-18(23)14-20-19(24)22-12-7-10-17(15-22)21(2)13-11-16-8-5-4-6-9-16/h4-6,8-9,17H,3,7,10-15H2,1-2H3,(H,20,24). The molecule has 0 aromatic heterocycles. The minimum atomic E-state index is -0.399. The van der Waals surface area contributed by atoms with Crippen LogP contribution in [0.25, 0.3) is 0 Å². The number of nitrogens with zero attached hydrogens (tertiary/aromatic N) is 2. The van der Waals surface area contributed by atoms with Gasteiger partial charge in [0, 0.05) is 25.7 Å². The van der Waals surface area contributed by atoms with Crippen molar-refractivity contribution in [3.8, 4) is 0 Å². The van der Waals surface area contributed by atoms with E-state index in [4.69, 9.17) is 4.74 Å². The summed E-state index contributed by atoms with van der Waals surface area (Å²) >= 11 is 0. The molecule has 0 aliphatic carbocycles. The number of carbonyl (C=O) groups is 2. The van der Waals surface area contributed by atoms with E-state index in [0.717, 1.165) is 32.4 Å². The van der Waals surface area contributed by atoms with Gasteiger partial charge in [0.25, 0.3) is 0 Å². The smallest absolute Gasteiger partial charge is 0.325 e. The van der Waals surface area contributed by atoms with Gasteiger partial charge in [-0.25, -0.2) is 4.79 Å². The molecule has 2 rings (SSSR count). The van der Waals surface area contributed by atoms with Crippen LogP contribution in [0.3, 0.4) is 0 Å². The van der Waals surface area contributed by atoms with Crippen LogP contribution in [0.15, 0.2) is 30.3 Å². The zero-order chi connectivity index (χ0) is 18.1. The monoisotopic (exact) mass is 347 g/mol. The zero-order valence-electron chi connectivity index (χ0n) is 15.2. The van der Waals surface area contributed by atoms with Gasteiger partial charge >= 0.3 is 12.0 Å². The number of likely N-dealkylation sites (tertiary alicyclic amines) is 1. The second-order valence-electron chi connectivity index (χ2n) is 6.42. The highest BCUT2D eigenvalue weighted by atomic mass is 16.5. The van der Waals surface area contributed by atoms with E-state index < -0.39 is 5.97 Å². The van der Waals surface area contributed by atoms with Gasteiger partial charge in [0.15, 0.2) is 0 Å². The number of nitrogens with one attached hydrogen (secondary N) is 1. The number of carbonyl (C=O) groups excluding carboxylic acids is 2. The fraction of sp³-hybridized carbons (Fsp3) is 0.579. The lowest BCUT2D eigenvalue weighted by Gasteiger charge is -2.37. The van der Waals surface area contributed by atoms with E-state index in [1.54, 1.807) is 11.8 Å². The lowest BCUT2D eigenvalue weighted by molar-refractivity contribution is -0.141. The number of urea groups is 1. The maximum atomic E-state index is 12.2. The molecule has 0 saturated carbocycles. The molecule has 1 fully saturated rings. The molecule has 0 spiro atoms. The van der Waals surface area contributed by atoms with E-state index in [-0.39, 0.29) is 12.6 Å². The largest absolute Gasteiger partial charge is 0.465 e. The third kappa shape index (κ3) is 6.38. The molecule has 2 amide bonds. The molecule has 1 saturated heterocycles. The molecule has 25 heavy (non-hydrogen) atoms. The van der Waals surface area contributed by atoms with Crippen LogP contribution in [0.4, 0.5) is 4.79 Å². The van der Waals surface area contributed by atoms with Crippen LogP contribution in [0.5, 0.6) is 0 Å². The van der Waals surface area contributed by atoms with Crippen LogP contribution in [-0.4, -0.2) is 67.7 Å². The van der Waals surface area contributed by atoms with E-state index >= 15 is 0 Å². The molecule has 1 aliphatic rings. The van der Waals surface area contributed by atoms with Gasteiger partial charge in [-0.2, -0.15) is 0 Å². The Bertz CT molecular complexity index is 550. The number of hydrogen-bond acceptors (Lipinski definition) is 4. The molecule has 0 bridgehead atoms. The molecule has 1 heterocycles. The van der Waals surface area contributed by atoms with Gasteiger partial charge in [-0.05, 0) is 38.8 Å². The van der Waals surface area contributed by atoms with Crippen molar-refractivity contribution in [2.24, 2.45) is 0 Å². The lowest BCUT2D eigenvalue weighted by atomic mass is 10.0. The topological polar surface area (TPSA) is 61.9 Å². The maximum absolute atomic E-state index is 12.2. The van der Waals surface area contributed by atoms with E-state index in [1.165, 1.54) is 5.56 Å². The molecule has 1 aliphatic heterocycles. The average molecular weight is 347 g/mol. The summed E-state index contributed by atoms with van der Waals surface area (Å²) in [5.74, 6) is -0.399. The fourth-order valence-corrected chi connectivity index (χ4v) is 3.10. The maximum Gasteiger partial charge on any atom is 0.325 e. The molecule has 1 N–H and O–H groups in total. The zero-order valence-corrected chi connectivity index (χ0v) is 15.2. The van der Waals surface area contributed by atoms with Crippen LogP contribution in [0.1, 0.15) is 25.3 Å². The Morgan fingerprint density at radius 2 is 2.08 bits per heavy atom. The third-order valence-corrected chi connectivity index (χ3v) is 4.59. The summed E-state index contributed by atoms with van der Waals surface area (Å²) in [6, 6.07) is 10.6. The minimum absolute atomic E-state index is 0.0717. The number of hydrogen-bond donors (Lipinski definition) is 1. The normalized spacial score (nSPS) is 17.4. The summed E-state index contributed by atoms with van der Waals surface area (Å²) in [4.78, 5) is 27.7. The SMILES string of the molecule is CCOC(=O)CNC(=O)N1CCCC(N(C)CCc2ccccc2)C1. The first-order chi connectivity index (χ1) is 12.1. The van der Waals surface area contributed by atoms with Crippen molar-refractivity contribution < 1.29 is 14.3 Å². The number of amides is 2. The predicted molar refractivity (Wildman–Crippen MR) is 97.4 cm³/mol. The number of esters is 1. The summed E-state index contributed by atoms with van der Waals surface area (Å²) < 4.78 is 4.83. The van der Waals surface area contributed by atoms with E-state index in [0.29, 0.717) is 19.2 Å². The highest BCUT2D eigenvalue weighted by molar-refractivity contribution is 5.80. The molecule has 1 aromatic rings. The van der Waals surface area contributed by atoms with Gasteiger partial charge in [0.2, 0.25) is 0 Å². The highest BCUT2D eigenvalue weighted by Gasteiger charge is 2.26. The Hall–Kier alpha value is -2.08. The van der Waals surface area contributed by atoms with Crippen molar-refractivity contribution in [3.63, 3.8) is 0 Å². The number of ether oxygens (including phenoxy) is 1. The van der Waals surface area contributed by atoms with E-state index in [1.807, 2.05) is 6.07 Å². The number of benzene rings is 1. The Kier molecular flexibility index (Phi) is 7.73. The fourth-order valence-electron chi connectivity index (χ4n) is 3.10. The van der Waals surface area contributed by atoms with Crippen LogP contribution in [-0.2, 0) is 16.0 Å². The van der Waals surface area contributed by atoms with Crippen molar-refractivity contribution in [1.29, 1.82) is 0 Å². The first kappa shape index (κ1) is 19.2. The first-order valence-electron chi connectivity index (χ1n) is 9.02. The van der Waals surface area contributed by atoms with Gasteiger partial charge in [-0.15, -0.1) is 0 Å². The molecule has 6 nitrogen and oxygen atoms in total. The van der Waals surface area contributed by atoms with Crippen LogP contribution >= 0.6 is 0 Å². The number of rotatable bonds is 7. The molecular weight excluding hydrogens is 318 g/mol. The van der Waals surface area contributed by atoms with Crippen molar-refractivity contribution in [2.45, 2.75) is 32.2 Å². The first-order valence-corrected chi connectivity index (χ1v) is 9.02. The highest BCUT2D eigenvalue weighted by Crippen LogP contribution is 2.15. The minimum Gasteiger partial charge on any atom is -0.465 e. The van der Waals surface area contributed by atoms with Crippen LogP contribution in [0, 0.1) is 0 Å². The van der Waals surface area contributed by atoms with Gasteiger partial charge in [-0.1, -0.05) is 30.3 Å². The lowest BCUT2D eigenvalue weighted by Crippen LogP contribution is -2.52. The quantitative estimate of drug-likeness (QED) is 0.765. The average Bonchev–Trinajstić information content (AvgIpc) is 2.65. The molecule has 1 atom stereocenters. The Morgan fingerprint density at radius 3 is 2.80 bits per heavy atom. The molecular formula is C19H29N3O3. The Morgan fingerprint density at radius 1 is 1.32 bits per heavy atom. The second kappa shape index (κ2) is 10.0. The summed E-state index contributed by atoms with van der Waals surface area (Å²) in [5.41, 5.74) is 1.33. The van der Waals surface area contributed by atoms with Crippen molar-refractivity contribution in [3.05, 3.63) is 35.9 Å². The Balaban J connectivity index is 1.77. The van der Waals surface area contributed by atoms with Crippen molar-refractivity contribution >= 4 is 12.0 Å². The second-order valence-corrected chi connectivity index (χ2v) is 6.42. The van der Waals surface area contributed by atoms with Gasteiger partial charge in [0.1, 0.15) is 6.54 Å². The molecule has 1 unspecified atom stereocenters. The van der Waals surface area contributed by atoms with Crippen molar-refractivity contribution in [1.82, 2.24) is 15.1 Å². The van der Waals surface area contributed by atoms with E-state index in [9.17, 15) is 9.59 Å². The number of piperidine rings is 1. The molecule has 138 valence electrons. The molecule has 1 aromatic carbocycles. The predicted octanol–water partition coefficient (Wildman–Crippen LogP) is 1.90. The third-order valence-electron chi connectivity index (χ3n) is 4.59. The summed E-state index contributed by atoms with van der Waals surface area (Å²) in [5, 5.41) is 2.65.